The highest BCUT2D eigenvalue weighted by Gasteiger charge is 2.46. The lowest BCUT2D eigenvalue weighted by Gasteiger charge is -2.27. The van der Waals surface area contributed by atoms with Crippen LogP contribution in [0.3, 0.4) is 0 Å². The van der Waals surface area contributed by atoms with E-state index in [4.69, 9.17) is 5.11 Å². The van der Waals surface area contributed by atoms with Crippen molar-refractivity contribution in [2.75, 3.05) is 11.9 Å². The Morgan fingerprint density at radius 1 is 1.29 bits per heavy atom. The summed E-state index contributed by atoms with van der Waals surface area (Å²) in [6.07, 6.45) is 0.358. The Morgan fingerprint density at radius 2 is 2.00 bits per heavy atom. The number of aliphatic carboxylic acids is 1. The second-order valence-corrected chi connectivity index (χ2v) is 6.05. The Kier molecular flexibility index (Phi) is 4.87. The second-order valence-electron chi connectivity index (χ2n) is 6.05. The first-order chi connectivity index (χ1) is 11.2. The van der Waals surface area contributed by atoms with Crippen LogP contribution < -0.4 is 10.6 Å². The number of carbonyl (C=O) groups is 4. The number of rotatable bonds is 6. The third-order valence-electron chi connectivity index (χ3n) is 3.84. The second kappa shape index (κ2) is 6.69. The number of hydrogen-bond donors (Lipinski definition) is 3. The van der Waals surface area contributed by atoms with Crippen LogP contribution in [0.1, 0.15) is 25.8 Å². The van der Waals surface area contributed by atoms with Crippen molar-refractivity contribution >= 4 is 29.5 Å². The van der Waals surface area contributed by atoms with Crippen LogP contribution in [0.5, 0.6) is 0 Å². The van der Waals surface area contributed by atoms with Crippen molar-refractivity contribution < 1.29 is 24.3 Å². The van der Waals surface area contributed by atoms with Crippen molar-refractivity contribution in [2.24, 2.45) is 0 Å². The topological polar surface area (TPSA) is 116 Å². The van der Waals surface area contributed by atoms with Crippen LogP contribution in [0.2, 0.25) is 0 Å². The molecule has 0 atom stereocenters. The van der Waals surface area contributed by atoms with Crippen LogP contribution in [0.15, 0.2) is 24.3 Å². The van der Waals surface area contributed by atoms with E-state index in [2.05, 4.69) is 10.6 Å². The maximum Gasteiger partial charge on any atom is 0.325 e. The lowest BCUT2D eigenvalue weighted by atomic mass is 10.0. The third-order valence-corrected chi connectivity index (χ3v) is 3.84. The molecule has 0 bridgehead atoms. The van der Waals surface area contributed by atoms with E-state index in [1.807, 2.05) is 0 Å². The fourth-order valence-electron chi connectivity index (χ4n) is 2.36. The molecule has 3 N–H and O–H groups in total. The number of hydrogen-bond acceptors (Lipinski definition) is 4. The molecular weight excluding hydrogens is 314 g/mol. The average molecular weight is 333 g/mol. The van der Waals surface area contributed by atoms with Gasteiger partial charge in [-0.3, -0.25) is 19.7 Å². The first-order valence-corrected chi connectivity index (χ1v) is 7.44. The summed E-state index contributed by atoms with van der Waals surface area (Å²) in [6, 6.07) is 6.23. The van der Waals surface area contributed by atoms with Crippen molar-refractivity contribution in [3.05, 3.63) is 29.8 Å². The van der Waals surface area contributed by atoms with Crippen LogP contribution in [-0.2, 0) is 20.8 Å². The van der Waals surface area contributed by atoms with Gasteiger partial charge in [0, 0.05) is 12.1 Å². The number of carboxylic acid groups (broad SMARTS) is 1. The summed E-state index contributed by atoms with van der Waals surface area (Å²) >= 11 is 0. The lowest BCUT2D eigenvalue weighted by Crippen LogP contribution is -2.47. The summed E-state index contributed by atoms with van der Waals surface area (Å²) < 4.78 is 0. The summed E-state index contributed by atoms with van der Waals surface area (Å²) in [6.45, 7) is 2.87. The van der Waals surface area contributed by atoms with Crippen LogP contribution in [0, 0.1) is 0 Å². The minimum absolute atomic E-state index is 0.00164. The molecule has 1 saturated heterocycles. The number of benzene rings is 1. The zero-order valence-corrected chi connectivity index (χ0v) is 13.5. The molecule has 0 aliphatic carbocycles. The first-order valence-electron chi connectivity index (χ1n) is 7.44. The van der Waals surface area contributed by atoms with E-state index >= 15 is 0 Å². The fraction of sp³-hybridized carbons (Fsp3) is 0.375. The van der Waals surface area contributed by atoms with Gasteiger partial charge in [0.2, 0.25) is 5.91 Å². The molecule has 1 aromatic carbocycles. The van der Waals surface area contributed by atoms with Gasteiger partial charge in [0.1, 0.15) is 12.1 Å². The molecule has 24 heavy (non-hydrogen) atoms. The molecule has 8 heteroatoms. The summed E-state index contributed by atoms with van der Waals surface area (Å²) in [5, 5.41) is 13.5. The van der Waals surface area contributed by atoms with Gasteiger partial charge in [0.15, 0.2) is 0 Å². The van der Waals surface area contributed by atoms with Crippen LogP contribution in [-0.4, -0.2) is 45.9 Å². The van der Waals surface area contributed by atoms with Crippen molar-refractivity contribution in [1.82, 2.24) is 10.2 Å². The molecule has 4 amide bonds. The monoisotopic (exact) mass is 333 g/mol. The number of amides is 4. The predicted octanol–water partition coefficient (Wildman–Crippen LogP) is 0.973. The van der Waals surface area contributed by atoms with E-state index in [1.165, 1.54) is 4.90 Å². The van der Waals surface area contributed by atoms with Crippen LogP contribution in [0.25, 0.3) is 0 Å². The molecule has 1 heterocycles. The summed E-state index contributed by atoms with van der Waals surface area (Å²) in [4.78, 5) is 47.3. The van der Waals surface area contributed by atoms with E-state index in [9.17, 15) is 19.2 Å². The highest BCUT2D eigenvalue weighted by atomic mass is 16.4. The van der Waals surface area contributed by atoms with Crippen LogP contribution in [0.4, 0.5) is 10.5 Å². The molecule has 2 rings (SSSR count). The van der Waals surface area contributed by atoms with Crippen molar-refractivity contribution in [1.29, 1.82) is 0 Å². The maximum absolute atomic E-state index is 12.1. The van der Waals surface area contributed by atoms with Gasteiger partial charge in [-0.2, -0.15) is 0 Å². The molecule has 128 valence electrons. The standard InChI is InChI=1S/C16H19N3O5/c1-16(2)14(23)18-15(24)19(16)9-12(20)17-11-5-3-4-10(8-11)6-7-13(21)22/h3-5,8H,6-7,9H2,1-2H3,(H,17,20)(H,21,22)(H,18,23,24). The minimum atomic E-state index is -1.09. The summed E-state index contributed by atoms with van der Waals surface area (Å²) in [7, 11) is 0. The third kappa shape index (κ3) is 3.89. The minimum Gasteiger partial charge on any atom is -0.481 e. The SMILES string of the molecule is CC1(C)C(=O)NC(=O)N1CC(=O)Nc1cccc(CCC(=O)O)c1. The number of anilines is 1. The van der Waals surface area contributed by atoms with E-state index in [0.717, 1.165) is 5.56 Å². The molecule has 1 fully saturated rings. The van der Waals surface area contributed by atoms with E-state index in [-0.39, 0.29) is 13.0 Å². The maximum atomic E-state index is 12.1. The Balaban J connectivity index is 2.00. The number of imide groups is 1. The molecule has 0 aromatic heterocycles. The lowest BCUT2D eigenvalue weighted by molar-refractivity contribution is -0.137. The molecule has 0 unspecified atom stereocenters. The highest BCUT2D eigenvalue weighted by molar-refractivity contribution is 6.08. The van der Waals surface area contributed by atoms with Crippen LogP contribution >= 0.6 is 0 Å². The molecule has 8 nitrogen and oxygen atoms in total. The Hall–Kier alpha value is -2.90. The number of nitrogens with zero attached hydrogens (tertiary/aromatic N) is 1. The molecule has 1 aromatic rings. The van der Waals surface area contributed by atoms with Crippen molar-refractivity contribution in [3.8, 4) is 0 Å². The quantitative estimate of drug-likeness (QED) is 0.671. The summed E-state index contributed by atoms with van der Waals surface area (Å²) in [5.41, 5.74) is 0.203. The molecule has 1 aliphatic rings. The molecule has 1 aliphatic heterocycles. The number of aryl methyl sites for hydroxylation is 1. The molecule has 0 radical (unpaired) electrons. The van der Waals surface area contributed by atoms with Gasteiger partial charge in [-0.25, -0.2) is 4.79 Å². The smallest absolute Gasteiger partial charge is 0.325 e. The van der Waals surface area contributed by atoms with Gasteiger partial charge in [-0.15, -0.1) is 0 Å². The number of carboxylic acids is 1. The van der Waals surface area contributed by atoms with Gasteiger partial charge in [-0.05, 0) is 38.0 Å². The Labute approximate surface area is 138 Å². The normalized spacial score (nSPS) is 16.0. The largest absolute Gasteiger partial charge is 0.481 e. The predicted molar refractivity (Wildman–Crippen MR) is 85.4 cm³/mol. The highest BCUT2D eigenvalue weighted by Crippen LogP contribution is 2.20. The fourth-order valence-corrected chi connectivity index (χ4v) is 2.36. The average Bonchev–Trinajstić information content (AvgIpc) is 2.68. The van der Waals surface area contributed by atoms with E-state index in [1.54, 1.807) is 38.1 Å². The number of carbonyl (C=O) groups excluding carboxylic acids is 3. The van der Waals surface area contributed by atoms with Gasteiger partial charge < -0.3 is 15.3 Å². The summed E-state index contributed by atoms with van der Waals surface area (Å²) in [5.74, 6) is -1.78. The van der Waals surface area contributed by atoms with Gasteiger partial charge in [-0.1, -0.05) is 12.1 Å². The number of urea groups is 1. The Morgan fingerprint density at radius 3 is 2.58 bits per heavy atom. The van der Waals surface area contributed by atoms with Gasteiger partial charge in [0.05, 0.1) is 0 Å². The van der Waals surface area contributed by atoms with Crippen molar-refractivity contribution in [2.45, 2.75) is 32.2 Å². The zero-order chi connectivity index (χ0) is 17.9. The molecule has 0 saturated carbocycles. The van der Waals surface area contributed by atoms with Gasteiger partial charge >= 0.3 is 12.0 Å². The Bertz CT molecular complexity index is 699. The van der Waals surface area contributed by atoms with E-state index < -0.39 is 29.4 Å². The molecular formula is C16H19N3O5. The van der Waals surface area contributed by atoms with E-state index in [0.29, 0.717) is 12.1 Å². The number of nitrogens with one attached hydrogen (secondary N) is 2. The van der Waals surface area contributed by atoms with Crippen molar-refractivity contribution in [3.63, 3.8) is 0 Å². The van der Waals surface area contributed by atoms with Gasteiger partial charge in [0.25, 0.3) is 5.91 Å². The molecule has 0 spiro atoms. The zero-order valence-electron chi connectivity index (χ0n) is 13.5. The first kappa shape index (κ1) is 17.5.